The van der Waals surface area contributed by atoms with Gasteiger partial charge in [0.15, 0.2) is 0 Å². The predicted molar refractivity (Wildman–Crippen MR) is 74.3 cm³/mol. The molecule has 0 aromatic carbocycles. The summed E-state index contributed by atoms with van der Waals surface area (Å²) in [6.45, 7) is 11.0. The molecule has 2 heteroatoms. The van der Waals surface area contributed by atoms with Crippen LogP contribution in [0.25, 0.3) is 0 Å². The zero-order valence-electron chi connectivity index (χ0n) is 12.2. The Morgan fingerprint density at radius 3 is 2.06 bits per heavy atom. The van der Waals surface area contributed by atoms with Crippen molar-refractivity contribution in [3.63, 3.8) is 0 Å². The van der Waals surface area contributed by atoms with E-state index in [1.165, 1.54) is 0 Å². The van der Waals surface area contributed by atoms with E-state index in [1.54, 1.807) is 0 Å². The molecule has 1 aromatic rings. The summed E-state index contributed by atoms with van der Waals surface area (Å²) in [5.41, 5.74) is 1.69. The summed E-state index contributed by atoms with van der Waals surface area (Å²) in [7, 11) is 0. The Bertz CT molecular complexity index is 432. The molecule has 0 bridgehead atoms. The average molecular weight is 247 g/mol. The second kappa shape index (κ2) is 4.06. The van der Waals surface area contributed by atoms with Crippen LogP contribution in [0.3, 0.4) is 0 Å². The van der Waals surface area contributed by atoms with E-state index in [1.807, 2.05) is 19.3 Å². The first-order valence-electron chi connectivity index (χ1n) is 6.77. The summed E-state index contributed by atoms with van der Waals surface area (Å²) < 4.78 is 0. The van der Waals surface area contributed by atoms with Crippen molar-refractivity contribution in [2.24, 2.45) is 10.8 Å². The van der Waals surface area contributed by atoms with Crippen molar-refractivity contribution >= 4 is 0 Å². The van der Waals surface area contributed by atoms with Gasteiger partial charge in [-0.25, -0.2) is 0 Å². The molecular weight excluding hydrogens is 222 g/mol. The van der Waals surface area contributed by atoms with Crippen molar-refractivity contribution in [3.05, 3.63) is 29.6 Å². The highest BCUT2D eigenvalue weighted by molar-refractivity contribution is 5.25. The molecule has 0 radical (unpaired) electrons. The number of rotatable bonds is 1. The molecule has 1 aromatic heterocycles. The highest BCUT2D eigenvalue weighted by Gasteiger charge is 2.47. The molecular formula is C16H25NO. The van der Waals surface area contributed by atoms with E-state index in [-0.39, 0.29) is 10.8 Å². The molecule has 1 fully saturated rings. The van der Waals surface area contributed by atoms with Crippen molar-refractivity contribution in [1.29, 1.82) is 0 Å². The summed E-state index contributed by atoms with van der Waals surface area (Å²) in [6.07, 6.45) is 6.45. The van der Waals surface area contributed by atoms with Gasteiger partial charge in [0.05, 0.1) is 5.60 Å². The Morgan fingerprint density at radius 2 is 1.56 bits per heavy atom. The highest BCUT2D eigenvalue weighted by atomic mass is 16.3. The van der Waals surface area contributed by atoms with E-state index in [9.17, 15) is 5.11 Å². The Labute approximate surface area is 110 Å². The van der Waals surface area contributed by atoms with Crippen molar-refractivity contribution in [2.75, 3.05) is 0 Å². The molecule has 1 N–H and O–H groups in total. The first-order chi connectivity index (χ1) is 8.12. The molecule has 100 valence electrons. The highest BCUT2D eigenvalue weighted by Crippen LogP contribution is 2.53. The van der Waals surface area contributed by atoms with Crippen LogP contribution in [-0.2, 0) is 5.60 Å². The standard InChI is InChI=1S/C16H25NO/c1-12-6-13(8-17-7-12)16(18)10-14(2,3)9-15(4,5)11-16/h6-8,18H,9-11H2,1-5H3. The van der Waals surface area contributed by atoms with Crippen LogP contribution in [0.5, 0.6) is 0 Å². The number of hydrogen-bond acceptors (Lipinski definition) is 2. The third kappa shape index (κ3) is 2.74. The van der Waals surface area contributed by atoms with Crippen LogP contribution < -0.4 is 0 Å². The van der Waals surface area contributed by atoms with Crippen LogP contribution in [-0.4, -0.2) is 10.1 Å². The molecule has 0 aliphatic heterocycles. The lowest BCUT2D eigenvalue weighted by atomic mass is 9.58. The summed E-state index contributed by atoms with van der Waals surface area (Å²) in [6, 6.07) is 2.07. The summed E-state index contributed by atoms with van der Waals surface area (Å²) in [5.74, 6) is 0. The SMILES string of the molecule is Cc1cncc(C2(O)CC(C)(C)CC(C)(C)C2)c1. The minimum Gasteiger partial charge on any atom is -0.385 e. The van der Waals surface area contributed by atoms with E-state index >= 15 is 0 Å². The van der Waals surface area contributed by atoms with Crippen molar-refractivity contribution in [1.82, 2.24) is 4.98 Å². The molecule has 1 aliphatic rings. The molecule has 1 heterocycles. The molecule has 2 rings (SSSR count). The van der Waals surface area contributed by atoms with Gasteiger partial charge < -0.3 is 5.11 Å². The van der Waals surface area contributed by atoms with Gasteiger partial charge in [0.1, 0.15) is 0 Å². The fourth-order valence-electron chi connectivity index (χ4n) is 4.08. The fraction of sp³-hybridized carbons (Fsp3) is 0.688. The van der Waals surface area contributed by atoms with Crippen LogP contribution in [0.4, 0.5) is 0 Å². The maximum Gasteiger partial charge on any atom is 0.0921 e. The topological polar surface area (TPSA) is 33.1 Å². The monoisotopic (exact) mass is 247 g/mol. The largest absolute Gasteiger partial charge is 0.385 e. The molecule has 0 saturated heterocycles. The number of pyridine rings is 1. The first kappa shape index (κ1) is 13.5. The number of aromatic nitrogens is 1. The van der Waals surface area contributed by atoms with E-state index in [4.69, 9.17) is 0 Å². The summed E-state index contributed by atoms with van der Waals surface area (Å²) in [5, 5.41) is 11.1. The van der Waals surface area contributed by atoms with Crippen LogP contribution >= 0.6 is 0 Å². The fourth-order valence-corrected chi connectivity index (χ4v) is 4.08. The van der Waals surface area contributed by atoms with Gasteiger partial charge in [-0.15, -0.1) is 0 Å². The summed E-state index contributed by atoms with van der Waals surface area (Å²) >= 11 is 0. The van der Waals surface area contributed by atoms with Gasteiger partial charge in [-0.1, -0.05) is 33.8 Å². The molecule has 1 aliphatic carbocycles. The Morgan fingerprint density at radius 1 is 1.00 bits per heavy atom. The molecule has 0 unspecified atom stereocenters. The van der Waals surface area contributed by atoms with Gasteiger partial charge in [-0.3, -0.25) is 4.98 Å². The van der Waals surface area contributed by atoms with Crippen LogP contribution in [0, 0.1) is 17.8 Å². The molecule has 0 atom stereocenters. The lowest BCUT2D eigenvalue weighted by Gasteiger charge is -2.49. The van der Waals surface area contributed by atoms with Crippen LogP contribution in [0.1, 0.15) is 58.1 Å². The molecule has 18 heavy (non-hydrogen) atoms. The predicted octanol–water partition coefficient (Wildman–Crippen LogP) is 3.81. The van der Waals surface area contributed by atoms with E-state index in [2.05, 4.69) is 38.7 Å². The van der Waals surface area contributed by atoms with Crippen molar-refractivity contribution in [3.8, 4) is 0 Å². The second-order valence-corrected chi connectivity index (χ2v) is 7.64. The zero-order chi connectivity index (χ0) is 13.6. The number of aryl methyl sites for hydroxylation is 1. The maximum atomic E-state index is 11.1. The molecule has 1 saturated carbocycles. The summed E-state index contributed by atoms with van der Waals surface area (Å²) in [4.78, 5) is 4.24. The number of nitrogens with zero attached hydrogens (tertiary/aromatic N) is 1. The average Bonchev–Trinajstić information content (AvgIpc) is 2.11. The lowest BCUT2D eigenvalue weighted by molar-refractivity contribution is -0.0915. The van der Waals surface area contributed by atoms with E-state index < -0.39 is 5.60 Å². The number of aliphatic hydroxyl groups is 1. The van der Waals surface area contributed by atoms with Gasteiger partial charge >= 0.3 is 0 Å². The Kier molecular flexibility index (Phi) is 3.05. The Hall–Kier alpha value is -0.890. The maximum absolute atomic E-state index is 11.1. The van der Waals surface area contributed by atoms with E-state index in [0.717, 1.165) is 30.4 Å². The molecule has 0 amide bonds. The van der Waals surface area contributed by atoms with Crippen LogP contribution in [0.2, 0.25) is 0 Å². The van der Waals surface area contributed by atoms with E-state index in [0.29, 0.717) is 0 Å². The van der Waals surface area contributed by atoms with Gasteiger partial charge in [0.2, 0.25) is 0 Å². The minimum atomic E-state index is -0.732. The van der Waals surface area contributed by atoms with Crippen molar-refractivity contribution in [2.45, 2.75) is 59.5 Å². The quantitative estimate of drug-likeness (QED) is 0.818. The molecule has 2 nitrogen and oxygen atoms in total. The van der Waals surface area contributed by atoms with Gasteiger partial charge in [0.25, 0.3) is 0 Å². The first-order valence-corrected chi connectivity index (χ1v) is 6.77. The third-order valence-corrected chi connectivity index (χ3v) is 3.91. The Balaban J connectivity index is 2.41. The number of hydrogen-bond donors (Lipinski definition) is 1. The van der Waals surface area contributed by atoms with Gasteiger partial charge in [-0.05, 0) is 42.6 Å². The molecule has 0 spiro atoms. The third-order valence-electron chi connectivity index (χ3n) is 3.91. The normalized spacial score (nSPS) is 24.8. The van der Waals surface area contributed by atoms with Crippen molar-refractivity contribution < 1.29 is 5.11 Å². The van der Waals surface area contributed by atoms with Gasteiger partial charge in [0, 0.05) is 18.0 Å². The zero-order valence-corrected chi connectivity index (χ0v) is 12.2. The lowest BCUT2D eigenvalue weighted by Crippen LogP contribution is -2.44. The smallest absolute Gasteiger partial charge is 0.0921 e. The minimum absolute atomic E-state index is 0.167. The van der Waals surface area contributed by atoms with Gasteiger partial charge in [-0.2, -0.15) is 0 Å². The second-order valence-electron chi connectivity index (χ2n) is 7.64. The van der Waals surface area contributed by atoms with Crippen LogP contribution in [0.15, 0.2) is 18.5 Å².